The van der Waals surface area contributed by atoms with Gasteiger partial charge in [-0.15, -0.1) is 11.3 Å². The van der Waals surface area contributed by atoms with Gasteiger partial charge >= 0.3 is 0 Å². The SMILES string of the molecule is O=C(NC(c1ccccc1)c1cccs1)c1cccc(S(=O)(=O)NCc2ccccc2)c1. The van der Waals surface area contributed by atoms with E-state index in [0.717, 1.165) is 16.0 Å². The van der Waals surface area contributed by atoms with E-state index in [9.17, 15) is 13.2 Å². The van der Waals surface area contributed by atoms with E-state index in [-0.39, 0.29) is 29.0 Å². The number of hydrogen-bond donors (Lipinski definition) is 2. The van der Waals surface area contributed by atoms with Gasteiger partial charge in [0, 0.05) is 17.0 Å². The highest BCUT2D eigenvalue weighted by Gasteiger charge is 2.20. The van der Waals surface area contributed by atoms with Gasteiger partial charge in [-0.05, 0) is 40.8 Å². The summed E-state index contributed by atoms with van der Waals surface area (Å²) >= 11 is 1.55. The lowest BCUT2D eigenvalue weighted by Gasteiger charge is -2.18. The largest absolute Gasteiger partial charge is 0.340 e. The first-order valence-electron chi connectivity index (χ1n) is 10.1. The number of rotatable bonds is 8. The molecule has 0 bridgehead atoms. The van der Waals surface area contributed by atoms with E-state index in [1.54, 1.807) is 23.5 Å². The molecule has 1 amide bonds. The van der Waals surface area contributed by atoms with Crippen LogP contribution < -0.4 is 10.0 Å². The molecule has 1 heterocycles. The molecule has 1 atom stereocenters. The van der Waals surface area contributed by atoms with Crippen molar-refractivity contribution in [1.82, 2.24) is 10.0 Å². The first-order valence-corrected chi connectivity index (χ1v) is 12.4. The van der Waals surface area contributed by atoms with Crippen LogP contribution in [0.15, 0.2) is 107 Å². The third-order valence-corrected chi connectivity index (χ3v) is 7.29. The zero-order valence-corrected chi connectivity index (χ0v) is 18.8. The summed E-state index contributed by atoms with van der Waals surface area (Å²) in [4.78, 5) is 14.1. The molecule has 32 heavy (non-hydrogen) atoms. The number of hydrogen-bond acceptors (Lipinski definition) is 4. The van der Waals surface area contributed by atoms with Crippen molar-refractivity contribution in [1.29, 1.82) is 0 Å². The molecular formula is C25H22N2O3S2. The number of carbonyl (C=O) groups is 1. The molecule has 1 unspecified atom stereocenters. The van der Waals surface area contributed by atoms with Gasteiger partial charge in [0.25, 0.3) is 5.91 Å². The first-order chi connectivity index (χ1) is 15.5. The second-order valence-corrected chi connectivity index (χ2v) is 9.92. The monoisotopic (exact) mass is 462 g/mol. The number of amides is 1. The van der Waals surface area contributed by atoms with Crippen LogP contribution in [-0.4, -0.2) is 14.3 Å². The molecule has 0 fully saturated rings. The second kappa shape index (κ2) is 9.91. The van der Waals surface area contributed by atoms with Gasteiger partial charge in [0.15, 0.2) is 0 Å². The predicted molar refractivity (Wildman–Crippen MR) is 127 cm³/mol. The van der Waals surface area contributed by atoms with Crippen molar-refractivity contribution in [3.63, 3.8) is 0 Å². The van der Waals surface area contributed by atoms with Gasteiger partial charge < -0.3 is 5.32 Å². The quantitative estimate of drug-likeness (QED) is 0.397. The van der Waals surface area contributed by atoms with Crippen molar-refractivity contribution >= 4 is 27.3 Å². The maximum absolute atomic E-state index is 13.1. The maximum atomic E-state index is 13.1. The Morgan fingerprint density at radius 3 is 2.25 bits per heavy atom. The fraction of sp³-hybridized carbons (Fsp3) is 0.0800. The van der Waals surface area contributed by atoms with Crippen LogP contribution in [0.25, 0.3) is 0 Å². The van der Waals surface area contributed by atoms with Crippen LogP contribution in [-0.2, 0) is 16.6 Å². The van der Waals surface area contributed by atoms with Gasteiger partial charge in [0.2, 0.25) is 10.0 Å². The van der Waals surface area contributed by atoms with Crippen molar-refractivity contribution in [2.24, 2.45) is 0 Å². The van der Waals surface area contributed by atoms with Crippen LogP contribution in [0.4, 0.5) is 0 Å². The van der Waals surface area contributed by atoms with Crippen molar-refractivity contribution in [3.8, 4) is 0 Å². The van der Waals surface area contributed by atoms with Crippen LogP contribution in [0.3, 0.4) is 0 Å². The Hall–Kier alpha value is -3.26. The summed E-state index contributed by atoms with van der Waals surface area (Å²) < 4.78 is 28.1. The standard InChI is InChI=1S/C25H22N2O3S2/c28-25(27-24(23-15-8-16-31-23)20-11-5-2-6-12-20)21-13-7-14-22(17-21)32(29,30)26-18-19-9-3-1-4-10-19/h1-17,24,26H,18H2,(H,27,28). The zero-order valence-electron chi connectivity index (χ0n) is 17.1. The Bertz CT molecular complexity index is 1270. The van der Waals surface area contributed by atoms with Gasteiger partial charge in [-0.1, -0.05) is 72.8 Å². The normalized spacial score (nSPS) is 12.2. The minimum Gasteiger partial charge on any atom is -0.340 e. The van der Waals surface area contributed by atoms with Gasteiger partial charge in [0.05, 0.1) is 10.9 Å². The van der Waals surface area contributed by atoms with Crippen LogP contribution >= 0.6 is 11.3 Å². The van der Waals surface area contributed by atoms with Crippen LogP contribution in [0.2, 0.25) is 0 Å². The lowest BCUT2D eigenvalue weighted by molar-refractivity contribution is 0.0943. The molecule has 0 saturated carbocycles. The van der Waals surface area contributed by atoms with Crippen molar-refractivity contribution in [3.05, 3.63) is 124 Å². The van der Waals surface area contributed by atoms with E-state index in [1.807, 2.05) is 78.2 Å². The molecule has 1 aromatic heterocycles. The molecule has 0 spiro atoms. The van der Waals surface area contributed by atoms with Gasteiger partial charge in [-0.2, -0.15) is 0 Å². The average molecular weight is 463 g/mol. The molecule has 2 N–H and O–H groups in total. The second-order valence-electron chi connectivity index (χ2n) is 7.17. The molecule has 7 heteroatoms. The predicted octanol–water partition coefficient (Wildman–Crippen LogP) is 4.75. The summed E-state index contributed by atoms with van der Waals surface area (Å²) in [6.07, 6.45) is 0. The molecule has 3 aromatic carbocycles. The molecule has 0 saturated heterocycles. The summed E-state index contributed by atoms with van der Waals surface area (Å²) in [7, 11) is -3.77. The van der Waals surface area contributed by atoms with E-state index >= 15 is 0 Å². The molecule has 4 aromatic rings. The summed E-state index contributed by atoms with van der Waals surface area (Å²) in [5.74, 6) is -0.340. The van der Waals surface area contributed by atoms with Crippen molar-refractivity contribution < 1.29 is 13.2 Å². The molecule has 5 nitrogen and oxygen atoms in total. The molecule has 0 aliphatic heterocycles. The molecular weight excluding hydrogens is 440 g/mol. The number of sulfonamides is 1. The summed E-state index contributed by atoms with van der Waals surface area (Å²) in [5, 5.41) is 5.01. The van der Waals surface area contributed by atoms with Gasteiger partial charge in [0.1, 0.15) is 0 Å². The van der Waals surface area contributed by atoms with Crippen LogP contribution in [0.1, 0.15) is 32.4 Å². The lowest BCUT2D eigenvalue weighted by Crippen LogP contribution is -2.29. The molecule has 4 rings (SSSR count). The molecule has 0 aliphatic rings. The minimum absolute atomic E-state index is 0.0495. The van der Waals surface area contributed by atoms with Crippen LogP contribution in [0.5, 0.6) is 0 Å². The number of benzene rings is 3. The third kappa shape index (κ3) is 5.31. The van der Waals surface area contributed by atoms with Gasteiger partial charge in [-0.3, -0.25) is 4.79 Å². The smallest absolute Gasteiger partial charge is 0.252 e. The van der Waals surface area contributed by atoms with Crippen molar-refractivity contribution in [2.45, 2.75) is 17.5 Å². The molecule has 162 valence electrons. The first kappa shape index (κ1) is 22.0. The van der Waals surface area contributed by atoms with E-state index in [0.29, 0.717) is 0 Å². The third-order valence-electron chi connectivity index (χ3n) is 4.95. The highest BCUT2D eigenvalue weighted by Crippen LogP contribution is 2.26. The zero-order chi connectivity index (χ0) is 22.4. The summed E-state index contributed by atoms with van der Waals surface area (Å²) in [6, 6.07) is 28.6. The summed E-state index contributed by atoms with van der Waals surface area (Å²) in [5.41, 5.74) is 2.09. The Balaban J connectivity index is 1.53. The number of carbonyl (C=O) groups excluding carboxylic acids is 1. The number of nitrogens with one attached hydrogen (secondary N) is 2. The Labute approximate surface area is 191 Å². The van der Waals surface area contributed by atoms with E-state index in [4.69, 9.17) is 0 Å². The van der Waals surface area contributed by atoms with Crippen LogP contribution in [0, 0.1) is 0 Å². The molecule has 0 radical (unpaired) electrons. The molecule has 0 aliphatic carbocycles. The fourth-order valence-corrected chi connectivity index (χ4v) is 5.16. The maximum Gasteiger partial charge on any atom is 0.252 e. The minimum atomic E-state index is -3.77. The van der Waals surface area contributed by atoms with E-state index < -0.39 is 10.0 Å². The van der Waals surface area contributed by atoms with E-state index in [1.165, 1.54) is 12.1 Å². The highest BCUT2D eigenvalue weighted by molar-refractivity contribution is 7.89. The summed E-state index contributed by atoms with van der Waals surface area (Å²) in [6.45, 7) is 0.175. The fourth-order valence-electron chi connectivity index (χ4n) is 3.30. The Morgan fingerprint density at radius 2 is 1.56 bits per heavy atom. The van der Waals surface area contributed by atoms with E-state index in [2.05, 4.69) is 10.0 Å². The topological polar surface area (TPSA) is 75.3 Å². The Morgan fingerprint density at radius 1 is 0.844 bits per heavy atom. The number of thiophene rings is 1. The van der Waals surface area contributed by atoms with Crippen molar-refractivity contribution in [2.75, 3.05) is 0 Å². The Kier molecular flexibility index (Phi) is 6.80. The van der Waals surface area contributed by atoms with Gasteiger partial charge in [-0.25, -0.2) is 13.1 Å². The average Bonchev–Trinajstić information content (AvgIpc) is 3.37. The lowest BCUT2D eigenvalue weighted by atomic mass is 10.0. The highest BCUT2D eigenvalue weighted by atomic mass is 32.2.